The number of nitrogens with one attached hydrogen (secondary N) is 1. The Labute approximate surface area is 132 Å². The predicted octanol–water partition coefficient (Wildman–Crippen LogP) is 2.06. The Hall–Kier alpha value is -1.88. The van der Waals surface area contributed by atoms with E-state index in [0.29, 0.717) is 11.1 Å². The molecule has 2 amide bonds. The summed E-state index contributed by atoms with van der Waals surface area (Å²) in [6.07, 6.45) is -0.581. The fourth-order valence-corrected chi connectivity index (χ4v) is 2.09. The molecule has 0 spiro atoms. The minimum atomic E-state index is -0.581. The van der Waals surface area contributed by atoms with E-state index in [9.17, 15) is 14.7 Å². The number of carbonyl (C=O) groups excluding carboxylic acids is 2. The second-order valence-electron chi connectivity index (χ2n) is 6.11. The Morgan fingerprint density at radius 3 is 1.95 bits per heavy atom. The number of hydrogen-bond acceptors (Lipinski definition) is 3. The molecule has 0 aliphatic rings. The van der Waals surface area contributed by atoms with Gasteiger partial charge in [0.1, 0.15) is 0 Å². The van der Waals surface area contributed by atoms with Gasteiger partial charge in [0.25, 0.3) is 11.8 Å². The second-order valence-corrected chi connectivity index (χ2v) is 6.11. The Bertz CT molecular complexity index is 507. The zero-order valence-corrected chi connectivity index (χ0v) is 14.0. The van der Waals surface area contributed by atoms with Gasteiger partial charge in [-0.15, -0.1) is 0 Å². The van der Waals surface area contributed by atoms with Gasteiger partial charge in [0.15, 0.2) is 0 Å². The zero-order chi connectivity index (χ0) is 16.9. The maximum absolute atomic E-state index is 12.5. The lowest BCUT2D eigenvalue weighted by molar-refractivity contribution is 0.0578. The number of aliphatic hydroxyl groups excluding tert-OH is 1. The molecule has 22 heavy (non-hydrogen) atoms. The van der Waals surface area contributed by atoms with Crippen LogP contribution in [0, 0.1) is 0 Å². The van der Waals surface area contributed by atoms with Crippen LogP contribution in [-0.4, -0.2) is 46.6 Å². The van der Waals surface area contributed by atoms with Crippen LogP contribution in [0.4, 0.5) is 0 Å². The highest BCUT2D eigenvalue weighted by atomic mass is 16.3. The number of hydrogen-bond donors (Lipinski definition) is 2. The van der Waals surface area contributed by atoms with Crippen molar-refractivity contribution >= 4 is 11.8 Å². The standard InChI is InChI=1S/C17H26N2O3/c1-11(2)18-16(21)14-6-8-15(9-7-14)17(22)19(12(3)4)10-13(5)20/h6-9,11-13,20H,10H2,1-5H3,(H,18,21). The lowest BCUT2D eigenvalue weighted by atomic mass is 10.1. The summed E-state index contributed by atoms with van der Waals surface area (Å²) in [7, 11) is 0. The molecule has 0 saturated heterocycles. The Balaban J connectivity index is 2.88. The van der Waals surface area contributed by atoms with E-state index >= 15 is 0 Å². The molecule has 0 fully saturated rings. The summed E-state index contributed by atoms with van der Waals surface area (Å²) in [5.74, 6) is -0.301. The molecule has 1 aromatic carbocycles. The number of nitrogens with zero attached hydrogens (tertiary/aromatic N) is 1. The summed E-state index contributed by atoms with van der Waals surface area (Å²) >= 11 is 0. The molecule has 0 saturated carbocycles. The largest absolute Gasteiger partial charge is 0.392 e. The van der Waals surface area contributed by atoms with Crippen molar-refractivity contribution in [3.63, 3.8) is 0 Å². The summed E-state index contributed by atoms with van der Waals surface area (Å²) in [4.78, 5) is 26.0. The van der Waals surface area contributed by atoms with E-state index in [1.807, 2.05) is 27.7 Å². The molecule has 1 unspecified atom stereocenters. The third-order valence-electron chi connectivity index (χ3n) is 3.16. The van der Waals surface area contributed by atoms with E-state index in [1.54, 1.807) is 36.1 Å². The molecule has 5 nitrogen and oxygen atoms in total. The summed E-state index contributed by atoms with van der Waals surface area (Å²) in [5, 5.41) is 12.3. The molecule has 0 bridgehead atoms. The van der Waals surface area contributed by atoms with Crippen molar-refractivity contribution in [2.24, 2.45) is 0 Å². The van der Waals surface area contributed by atoms with E-state index in [2.05, 4.69) is 5.32 Å². The minimum absolute atomic E-state index is 0.00832. The van der Waals surface area contributed by atoms with E-state index in [4.69, 9.17) is 0 Å². The number of aliphatic hydroxyl groups is 1. The monoisotopic (exact) mass is 306 g/mol. The molecule has 5 heteroatoms. The highest BCUT2D eigenvalue weighted by Crippen LogP contribution is 2.11. The molecule has 1 aromatic rings. The quantitative estimate of drug-likeness (QED) is 0.845. The number of benzene rings is 1. The first kappa shape index (κ1) is 18.2. The smallest absolute Gasteiger partial charge is 0.254 e. The molecule has 0 aliphatic carbocycles. The maximum atomic E-state index is 12.5. The van der Waals surface area contributed by atoms with Crippen molar-refractivity contribution in [3.8, 4) is 0 Å². The summed E-state index contributed by atoms with van der Waals surface area (Å²) in [6.45, 7) is 9.54. The number of carbonyl (C=O) groups is 2. The van der Waals surface area contributed by atoms with E-state index in [-0.39, 0.29) is 30.4 Å². The molecule has 0 aromatic heterocycles. The first-order chi connectivity index (χ1) is 10.2. The highest BCUT2D eigenvalue weighted by Gasteiger charge is 2.20. The van der Waals surface area contributed by atoms with Gasteiger partial charge in [0, 0.05) is 29.8 Å². The third kappa shape index (κ3) is 5.15. The SMILES string of the molecule is CC(O)CN(C(=O)c1ccc(C(=O)NC(C)C)cc1)C(C)C. The Kier molecular flexibility index (Phi) is 6.56. The molecule has 122 valence electrons. The van der Waals surface area contributed by atoms with E-state index in [1.165, 1.54) is 0 Å². The van der Waals surface area contributed by atoms with Gasteiger partial charge in [-0.1, -0.05) is 0 Å². The van der Waals surface area contributed by atoms with Crippen LogP contribution in [-0.2, 0) is 0 Å². The van der Waals surface area contributed by atoms with Crippen LogP contribution >= 0.6 is 0 Å². The highest BCUT2D eigenvalue weighted by molar-refractivity contribution is 5.98. The van der Waals surface area contributed by atoms with Crippen molar-refractivity contribution in [1.82, 2.24) is 10.2 Å². The molecule has 0 radical (unpaired) electrons. The van der Waals surface area contributed by atoms with Gasteiger partial charge in [-0.2, -0.15) is 0 Å². The Morgan fingerprint density at radius 1 is 1.05 bits per heavy atom. The third-order valence-corrected chi connectivity index (χ3v) is 3.16. The average Bonchev–Trinajstić information content (AvgIpc) is 2.43. The topological polar surface area (TPSA) is 69.6 Å². The van der Waals surface area contributed by atoms with Crippen molar-refractivity contribution in [3.05, 3.63) is 35.4 Å². The van der Waals surface area contributed by atoms with Crippen molar-refractivity contribution in [2.45, 2.75) is 52.8 Å². The van der Waals surface area contributed by atoms with Gasteiger partial charge >= 0.3 is 0 Å². The van der Waals surface area contributed by atoms with Crippen molar-refractivity contribution < 1.29 is 14.7 Å². The van der Waals surface area contributed by atoms with Crippen LogP contribution < -0.4 is 5.32 Å². The molecular formula is C17H26N2O3. The van der Waals surface area contributed by atoms with Crippen LogP contribution in [0.3, 0.4) is 0 Å². The van der Waals surface area contributed by atoms with Gasteiger partial charge in [-0.05, 0) is 58.9 Å². The average molecular weight is 306 g/mol. The van der Waals surface area contributed by atoms with Gasteiger partial charge < -0.3 is 15.3 Å². The van der Waals surface area contributed by atoms with Gasteiger partial charge in [-0.3, -0.25) is 9.59 Å². The Morgan fingerprint density at radius 2 is 1.55 bits per heavy atom. The molecule has 1 atom stereocenters. The van der Waals surface area contributed by atoms with E-state index < -0.39 is 6.10 Å². The van der Waals surface area contributed by atoms with Crippen LogP contribution in [0.1, 0.15) is 55.3 Å². The first-order valence-corrected chi connectivity index (χ1v) is 7.62. The molecule has 2 N–H and O–H groups in total. The van der Waals surface area contributed by atoms with Crippen LogP contribution in [0.15, 0.2) is 24.3 Å². The summed E-state index contributed by atoms with van der Waals surface area (Å²) in [6, 6.07) is 6.64. The normalized spacial score (nSPS) is 12.4. The lowest BCUT2D eigenvalue weighted by Crippen LogP contribution is -2.41. The summed E-state index contributed by atoms with van der Waals surface area (Å²) < 4.78 is 0. The van der Waals surface area contributed by atoms with Crippen LogP contribution in [0.2, 0.25) is 0 Å². The molecule has 0 aliphatic heterocycles. The first-order valence-electron chi connectivity index (χ1n) is 7.62. The van der Waals surface area contributed by atoms with E-state index in [0.717, 1.165) is 0 Å². The minimum Gasteiger partial charge on any atom is -0.392 e. The van der Waals surface area contributed by atoms with Crippen molar-refractivity contribution in [2.75, 3.05) is 6.54 Å². The van der Waals surface area contributed by atoms with Gasteiger partial charge in [0.2, 0.25) is 0 Å². The van der Waals surface area contributed by atoms with Gasteiger partial charge in [0.05, 0.1) is 6.10 Å². The van der Waals surface area contributed by atoms with Crippen molar-refractivity contribution in [1.29, 1.82) is 0 Å². The second kappa shape index (κ2) is 7.94. The molecule has 1 rings (SSSR count). The predicted molar refractivity (Wildman–Crippen MR) is 86.9 cm³/mol. The molecule has 0 heterocycles. The van der Waals surface area contributed by atoms with Crippen LogP contribution in [0.5, 0.6) is 0 Å². The lowest BCUT2D eigenvalue weighted by Gasteiger charge is -2.28. The number of amides is 2. The summed E-state index contributed by atoms with van der Waals surface area (Å²) in [5.41, 5.74) is 1.03. The molecular weight excluding hydrogens is 280 g/mol. The van der Waals surface area contributed by atoms with Crippen LogP contribution in [0.25, 0.3) is 0 Å². The zero-order valence-electron chi connectivity index (χ0n) is 14.0. The fraction of sp³-hybridized carbons (Fsp3) is 0.529. The van der Waals surface area contributed by atoms with Gasteiger partial charge in [-0.25, -0.2) is 0 Å². The fourth-order valence-electron chi connectivity index (χ4n) is 2.09. The number of rotatable bonds is 6. The maximum Gasteiger partial charge on any atom is 0.254 e.